The molecule has 3 aromatic rings. The third kappa shape index (κ3) is 4.03. The maximum atomic E-state index is 13.2. The molecule has 8 heteroatoms. The van der Waals surface area contributed by atoms with Crippen molar-refractivity contribution in [1.82, 2.24) is 14.7 Å². The van der Waals surface area contributed by atoms with Crippen LogP contribution in [0, 0.1) is 6.92 Å². The fourth-order valence-corrected chi connectivity index (χ4v) is 4.17. The molecule has 1 N–H and O–H groups in total. The minimum atomic E-state index is -0.534. The average Bonchev–Trinajstić information content (AvgIpc) is 3.48. The van der Waals surface area contributed by atoms with E-state index < -0.39 is 6.04 Å². The van der Waals surface area contributed by atoms with E-state index in [1.54, 1.807) is 9.58 Å². The van der Waals surface area contributed by atoms with Gasteiger partial charge in [-0.25, -0.2) is 4.68 Å². The zero-order valence-corrected chi connectivity index (χ0v) is 17.8. The van der Waals surface area contributed by atoms with Gasteiger partial charge in [0.2, 0.25) is 18.6 Å². The maximum absolute atomic E-state index is 13.2. The molecule has 2 aliphatic rings. The van der Waals surface area contributed by atoms with Crippen molar-refractivity contribution < 1.29 is 19.1 Å². The van der Waals surface area contributed by atoms with E-state index in [0.717, 1.165) is 16.8 Å². The van der Waals surface area contributed by atoms with Crippen molar-refractivity contribution in [2.24, 2.45) is 0 Å². The van der Waals surface area contributed by atoms with Gasteiger partial charge in [0.25, 0.3) is 0 Å². The molecule has 0 spiro atoms. The Labute approximate surface area is 185 Å². The third-order valence-corrected chi connectivity index (χ3v) is 5.75. The minimum Gasteiger partial charge on any atom is -0.454 e. The number of carbonyl (C=O) groups is 2. The van der Waals surface area contributed by atoms with E-state index in [2.05, 4.69) is 10.4 Å². The topological polar surface area (TPSA) is 85.7 Å². The smallest absolute Gasteiger partial charge is 0.248 e. The molecule has 2 amide bonds. The van der Waals surface area contributed by atoms with Crippen LogP contribution in [0.5, 0.6) is 11.5 Å². The van der Waals surface area contributed by atoms with Crippen molar-refractivity contribution >= 4 is 17.6 Å². The molecule has 5 rings (SSSR count). The van der Waals surface area contributed by atoms with Crippen LogP contribution >= 0.6 is 0 Å². The monoisotopic (exact) mass is 432 g/mol. The fourth-order valence-electron chi connectivity index (χ4n) is 4.17. The number of aryl methyl sites for hydroxylation is 1. The third-order valence-electron chi connectivity index (χ3n) is 5.75. The highest BCUT2D eigenvalue weighted by atomic mass is 16.7. The Morgan fingerprint density at radius 2 is 1.88 bits per heavy atom. The second-order valence-corrected chi connectivity index (χ2v) is 8.07. The molecule has 0 saturated carbocycles. The molecule has 2 aliphatic heterocycles. The van der Waals surface area contributed by atoms with E-state index in [9.17, 15) is 9.59 Å². The van der Waals surface area contributed by atoms with Crippen molar-refractivity contribution in [3.63, 3.8) is 0 Å². The molecule has 1 saturated heterocycles. The van der Waals surface area contributed by atoms with Crippen molar-refractivity contribution in [3.05, 3.63) is 71.4 Å². The van der Waals surface area contributed by atoms with Gasteiger partial charge in [-0.1, -0.05) is 36.4 Å². The number of benzene rings is 2. The SMILES string of the molecule is Cc1cc(NC(=O)C2CCC(=O)N2Cc2ccc3c(c2)OCO3)n(Cc2ccccc2)n1. The zero-order chi connectivity index (χ0) is 22.1. The lowest BCUT2D eigenvalue weighted by Crippen LogP contribution is -2.41. The summed E-state index contributed by atoms with van der Waals surface area (Å²) in [6.45, 7) is 2.98. The maximum Gasteiger partial charge on any atom is 0.248 e. The summed E-state index contributed by atoms with van der Waals surface area (Å²) in [6, 6.07) is 16.9. The molecule has 0 radical (unpaired) electrons. The second kappa shape index (κ2) is 8.37. The van der Waals surface area contributed by atoms with Gasteiger partial charge in [0.1, 0.15) is 11.9 Å². The van der Waals surface area contributed by atoms with Gasteiger partial charge >= 0.3 is 0 Å². The van der Waals surface area contributed by atoms with Gasteiger partial charge in [0.05, 0.1) is 12.2 Å². The Balaban J connectivity index is 1.31. The predicted molar refractivity (Wildman–Crippen MR) is 117 cm³/mol. The lowest BCUT2D eigenvalue weighted by Gasteiger charge is -2.24. The standard InChI is InChI=1S/C24H24N4O4/c1-16-11-22(28(26-16)14-17-5-3-2-4-6-17)25-24(30)19-8-10-23(29)27(19)13-18-7-9-20-21(12-18)32-15-31-20/h2-7,9,11-12,19H,8,10,13-15H2,1H3,(H,25,30). The summed E-state index contributed by atoms with van der Waals surface area (Å²) in [6.07, 6.45) is 0.839. The van der Waals surface area contributed by atoms with Gasteiger partial charge in [0.15, 0.2) is 11.5 Å². The number of hydrogen-bond acceptors (Lipinski definition) is 5. The number of ether oxygens (including phenoxy) is 2. The van der Waals surface area contributed by atoms with Crippen LogP contribution in [-0.4, -0.2) is 39.3 Å². The molecule has 32 heavy (non-hydrogen) atoms. The molecular formula is C24H24N4O4. The Morgan fingerprint density at radius 1 is 1.06 bits per heavy atom. The Hall–Kier alpha value is -3.81. The number of rotatable bonds is 6. The summed E-state index contributed by atoms with van der Waals surface area (Å²) >= 11 is 0. The summed E-state index contributed by atoms with van der Waals surface area (Å²) in [7, 11) is 0. The molecule has 1 fully saturated rings. The van der Waals surface area contributed by atoms with Gasteiger partial charge in [-0.15, -0.1) is 0 Å². The van der Waals surface area contributed by atoms with Crippen molar-refractivity contribution in [3.8, 4) is 11.5 Å². The molecule has 164 valence electrons. The van der Waals surface area contributed by atoms with Crippen LogP contribution in [0.25, 0.3) is 0 Å². The minimum absolute atomic E-state index is 0.0307. The van der Waals surface area contributed by atoms with Crippen LogP contribution in [0.4, 0.5) is 5.82 Å². The largest absolute Gasteiger partial charge is 0.454 e. The number of nitrogens with zero attached hydrogens (tertiary/aromatic N) is 3. The summed E-state index contributed by atoms with van der Waals surface area (Å²) in [5, 5.41) is 7.51. The second-order valence-electron chi connectivity index (χ2n) is 8.07. The van der Waals surface area contributed by atoms with Crippen LogP contribution in [0.3, 0.4) is 0 Å². The van der Waals surface area contributed by atoms with Crippen molar-refractivity contribution in [1.29, 1.82) is 0 Å². The Morgan fingerprint density at radius 3 is 2.72 bits per heavy atom. The number of aromatic nitrogens is 2. The van der Waals surface area contributed by atoms with Crippen LogP contribution in [0.15, 0.2) is 54.6 Å². The number of nitrogens with one attached hydrogen (secondary N) is 1. The summed E-state index contributed by atoms with van der Waals surface area (Å²) in [5.74, 6) is 1.75. The number of carbonyl (C=O) groups excluding carboxylic acids is 2. The van der Waals surface area contributed by atoms with E-state index >= 15 is 0 Å². The predicted octanol–water partition coefficient (Wildman–Crippen LogP) is 3.10. The van der Waals surface area contributed by atoms with Crippen LogP contribution in [-0.2, 0) is 22.7 Å². The Kier molecular flexibility index (Phi) is 5.26. The number of fused-ring (bicyclic) bond motifs is 1. The highest BCUT2D eigenvalue weighted by Crippen LogP contribution is 2.33. The zero-order valence-electron chi connectivity index (χ0n) is 17.8. The van der Waals surface area contributed by atoms with E-state index in [4.69, 9.17) is 9.47 Å². The Bertz CT molecular complexity index is 1160. The average molecular weight is 432 g/mol. The molecule has 8 nitrogen and oxygen atoms in total. The van der Waals surface area contributed by atoms with Crippen molar-refractivity contribution in [2.75, 3.05) is 12.1 Å². The van der Waals surface area contributed by atoms with Gasteiger partial charge < -0.3 is 19.7 Å². The molecule has 1 unspecified atom stereocenters. The molecule has 0 bridgehead atoms. The first kappa shape index (κ1) is 20.1. The molecular weight excluding hydrogens is 408 g/mol. The van der Waals surface area contributed by atoms with Gasteiger partial charge in [-0.3, -0.25) is 9.59 Å². The van der Waals surface area contributed by atoms with E-state index in [1.165, 1.54) is 0 Å². The van der Waals surface area contributed by atoms with Crippen LogP contribution < -0.4 is 14.8 Å². The first-order chi connectivity index (χ1) is 15.6. The van der Waals surface area contributed by atoms with Gasteiger partial charge in [-0.05, 0) is 36.6 Å². The van der Waals surface area contributed by atoms with Crippen LogP contribution in [0.1, 0.15) is 29.7 Å². The number of amides is 2. The first-order valence-corrected chi connectivity index (χ1v) is 10.6. The summed E-state index contributed by atoms with van der Waals surface area (Å²) in [5.41, 5.74) is 2.80. The highest BCUT2D eigenvalue weighted by Gasteiger charge is 2.36. The van der Waals surface area contributed by atoms with Crippen molar-refractivity contribution in [2.45, 2.75) is 38.9 Å². The quantitative estimate of drug-likeness (QED) is 0.647. The molecule has 0 aliphatic carbocycles. The van der Waals surface area contributed by atoms with Gasteiger partial charge in [0, 0.05) is 19.0 Å². The number of hydrogen-bond donors (Lipinski definition) is 1. The van der Waals surface area contributed by atoms with E-state index in [-0.39, 0.29) is 18.6 Å². The lowest BCUT2D eigenvalue weighted by atomic mass is 10.1. The molecule has 1 atom stereocenters. The number of anilines is 1. The summed E-state index contributed by atoms with van der Waals surface area (Å²) in [4.78, 5) is 27.4. The normalized spacial score (nSPS) is 17.1. The number of likely N-dealkylation sites (tertiary alicyclic amines) is 1. The highest BCUT2D eigenvalue weighted by molar-refractivity contribution is 5.98. The van der Waals surface area contributed by atoms with E-state index in [0.29, 0.717) is 43.2 Å². The first-order valence-electron chi connectivity index (χ1n) is 10.6. The fraction of sp³-hybridized carbons (Fsp3) is 0.292. The molecule has 2 aromatic carbocycles. The molecule has 1 aromatic heterocycles. The lowest BCUT2D eigenvalue weighted by molar-refractivity contribution is -0.133. The summed E-state index contributed by atoms with van der Waals surface area (Å²) < 4.78 is 12.6. The molecule has 3 heterocycles. The van der Waals surface area contributed by atoms with E-state index in [1.807, 2.05) is 61.5 Å². The van der Waals surface area contributed by atoms with Crippen LogP contribution in [0.2, 0.25) is 0 Å². The van der Waals surface area contributed by atoms with Gasteiger partial charge in [-0.2, -0.15) is 5.10 Å².